The molecule has 0 aliphatic rings. The minimum absolute atomic E-state index is 0.0989. The molecule has 112 valence electrons. The molecule has 0 saturated heterocycles. The van der Waals surface area contributed by atoms with E-state index in [2.05, 4.69) is 0 Å². The molecule has 0 heterocycles. The van der Waals surface area contributed by atoms with Gasteiger partial charge in [0.2, 0.25) is 0 Å². The van der Waals surface area contributed by atoms with Gasteiger partial charge in [0.1, 0.15) is 5.75 Å². The smallest absolute Gasteiger partial charge is 0.160 e. The Hall–Kier alpha value is -2.20. The Labute approximate surface area is 125 Å². The summed E-state index contributed by atoms with van der Waals surface area (Å²) in [4.78, 5) is 0. The normalized spacial score (nSPS) is 11.8. The van der Waals surface area contributed by atoms with Gasteiger partial charge in [-0.25, -0.2) is 0 Å². The first kappa shape index (κ1) is 15.2. The van der Waals surface area contributed by atoms with Crippen LogP contribution in [-0.2, 0) is 6.42 Å². The molecule has 2 N–H and O–H groups in total. The zero-order valence-electron chi connectivity index (χ0n) is 12.6. The third-order valence-corrected chi connectivity index (χ3v) is 3.43. The van der Waals surface area contributed by atoms with Gasteiger partial charge in [0.25, 0.3) is 0 Å². The highest BCUT2D eigenvalue weighted by Gasteiger charge is 2.11. The first-order chi connectivity index (χ1) is 10.2. The van der Waals surface area contributed by atoms with Gasteiger partial charge in [0, 0.05) is 6.04 Å². The van der Waals surface area contributed by atoms with Crippen molar-refractivity contribution in [2.75, 3.05) is 21.3 Å². The van der Waals surface area contributed by atoms with Gasteiger partial charge >= 0.3 is 0 Å². The predicted molar refractivity (Wildman–Crippen MR) is 83.2 cm³/mol. The van der Waals surface area contributed by atoms with E-state index in [9.17, 15) is 0 Å². The monoisotopic (exact) mass is 287 g/mol. The number of ether oxygens (including phenoxy) is 3. The minimum Gasteiger partial charge on any atom is -0.497 e. The first-order valence-electron chi connectivity index (χ1n) is 6.78. The van der Waals surface area contributed by atoms with Crippen LogP contribution in [0.5, 0.6) is 17.2 Å². The van der Waals surface area contributed by atoms with Crippen molar-refractivity contribution >= 4 is 0 Å². The van der Waals surface area contributed by atoms with Crippen LogP contribution in [0.15, 0.2) is 42.5 Å². The van der Waals surface area contributed by atoms with Crippen molar-refractivity contribution in [1.82, 2.24) is 0 Å². The summed E-state index contributed by atoms with van der Waals surface area (Å²) in [6.45, 7) is 0. The van der Waals surface area contributed by atoms with E-state index in [-0.39, 0.29) is 6.04 Å². The van der Waals surface area contributed by atoms with E-state index in [1.54, 1.807) is 21.3 Å². The molecule has 2 aromatic carbocycles. The first-order valence-corrected chi connectivity index (χ1v) is 6.78. The van der Waals surface area contributed by atoms with Gasteiger partial charge in [-0.15, -0.1) is 0 Å². The Kier molecular flexibility index (Phi) is 5.06. The molecule has 0 aromatic heterocycles. The molecular weight excluding hydrogens is 266 g/mol. The topological polar surface area (TPSA) is 53.7 Å². The van der Waals surface area contributed by atoms with Crippen LogP contribution in [0.25, 0.3) is 0 Å². The minimum atomic E-state index is -0.0989. The number of methoxy groups -OCH3 is 3. The van der Waals surface area contributed by atoms with Crippen molar-refractivity contribution in [1.29, 1.82) is 0 Å². The SMILES string of the molecule is COc1cccc(C(N)Cc2ccc(OC)c(OC)c2)c1. The second kappa shape index (κ2) is 6.99. The summed E-state index contributed by atoms with van der Waals surface area (Å²) < 4.78 is 15.8. The van der Waals surface area contributed by atoms with E-state index in [1.807, 2.05) is 42.5 Å². The predicted octanol–water partition coefficient (Wildman–Crippen LogP) is 2.95. The second-order valence-electron chi connectivity index (χ2n) is 4.78. The molecule has 0 radical (unpaired) electrons. The van der Waals surface area contributed by atoms with Crippen LogP contribution in [-0.4, -0.2) is 21.3 Å². The lowest BCUT2D eigenvalue weighted by Gasteiger charge is -2.15. The maximum Gasteiger partial charge on any atom is 0.160 e. The Morgan fingerprint density at radius 3 is 2.33 bits per heavy atom. The molecule has 1 unspecified atom stereocenters. The van der Waals surface area contributed by atoms with Crippen LogP contribution >= 0.6 is 0 Å². The summed E-state index contributed by atoms with van der Waals surface area (Å²) in [5.41, 5.74) is 8.43. The van der Waals surface area contributed by atoms with E-state index in [1.165, 1.54) is 0 Å². The molecule has 21 heavy (non-hydrogen) atoms. The Bertz CT molecular complexity index is 598. The van der Waals surface area contributed by atoms with E-state index < -0.39 is 0 Å². The van der Waals surface area contributed by atoms with Gasteiger partial charge in [-0.2, -0.15) is 0 Å². The van der Waals surface area contributed by atoms with Gasteiger partial charge in [0.05, 0.1) is 21.3 Å². The van der Waals surface area contributed by atoms with E-state index in [0.29, 0.717) is 12.2 Å². The molecule has 2 rings (SSSR count). The molecular formula is C17H21NO3. The molecule has 1 atom stereocenters. The van der Waals surface area contributed by atoms with E-state index in [4.69, 9.17) is 19.9 Å². The van der Waals surface area contributed by atoms with Crippen LogP contribution in [0, 0.1) is 0 Å². The van der Waals surface area contributed by atoms with Crippen molar-refractivity contribution in [2.24, 2.45) is 5.73 Å². The summed E-state index contributed by atoms with van der Waals surface area (Å²) in [6.07, 6.45) is 0.716. The fourth-order valence-corrected chi connectivity index (χ4v) is 2.25. The van der Waals surface area contributed by atoms with Crippen molar-refractivity contribution in [3.05, 3.63) is 53.6 Å². The number of hydrogen-bond acceptors (Lipinski definition) is 4. The summed E-state index contributed by atoms with van der Waals surface area (Å²) in [7, 11) is 4.90. The molecule has 0 saturated carbocycles. The number of benzene rings is 2. The average molecular weight is 287 g/mol. The third kappa shape index (κ3) is 3.67. The van der Waals surface area contributed by atoms with E-state index >= 15 is 0 Å². The fourth-order valence-electron chi connectivity index (χ4n) is 2.25. The molecule has 0 bridgehead atoms. The molecule has 0 spiro atoms. The Balaban J connectivity index is 2.16. The lowest BCUT2D eigenvalue weighted by molar-refractivity contribution is 0.354. The highest BCUT2D eigenvalue weighted by molar-refractivity contribution is 5.43. The Morgan fingerprint density at radius 2 is 1.67 bits per heavy atom. The fraction of sp³-hybridized carbons (Fsp3) is 0.294. The maximum atomic E-state index is 6.29. The van der Waals surface area contributed by atoms with Crippen molar-refractivity contribution in [3.63, 3.8) is 0 Å². The van der Waals surface area contributed by atoms with Gasteiger partial charge < -0.3 is 19.9 Å². The number of nitrogens with two attached hydrogens (primary N) is 1. The van der Waals surface area contributed by atoms with Crippen LogP contribution in [0.4, 0.5) is 0 Å². The quantitative estimate of drug-likeness (QED) is 0.887. The highest BCUT2D eigenvalue weighted by Crippen LogP contribution is 2.29. The lowest BCUT2D eigenvalue weighted by atomic mass is 9.99. The van der Waals surface area contributed by atoms with E-state index in [0.717, 1.165) is 22.6 Å². The van der Waals surface area contributed by atoms with Gasteiger partial charge in [-0.3, -0.25) is 0 Å². The van der Waals surface area contributed by atoms with Gasteiger partial charge in [-0.05, 0) is 41.8 Å². The number of hydrogen-bond donors (Lipinski definition) is 1. The van der Waals surface area contributed by atoms with Gasteiger partial charge in [0.15, 0.2) is 11.5 Å². The molecule has 0 aliphatic carbocycles. The van der Waals surface area contributed by atoms with Gasteiger partial charge in [-0.1, -0.05) is 18.2 Å². The Morgan fingerprint density at radius 1 is 0.905 bits per heavy atom. The molecule has 4 heteroatoms. The van der Waals surface area contributed by atoms with Crippen LogP contribution in [0.1, 0.15) is 17.2 Å². The zero-order chi connectivity index (χ0) is 15.2. The van der Waals surface area contributed by atoms with Crippen molar-refractivity contribution < 1.29 is 14.2 Å². The number of rotatable bonds is 6. The highest BCUT2D eigenvalue weighted by atomic mass is 16.5. The van der Waals surface area contributed by atoms with Crippen LogP contribution < -0.4 is 19.9 Å². The molecule has 4 nitrogen and oxygen atoms in total. The molecule has 2 aromatic rings. The standard InChI is InChI=1S/C17H21NO3/c1-19-14-6-4-5-13(11-14)15(18)9-12-7-8-16(20-2)17(10-12)21-3/h4-8,10-11,15H,9,18H2,1-3H3. The summed E-state index contributed by atoms with van der Waals surface area (Å²) in [6, 6.07) is 13.6. The van der Waals surface area contributed by atoms with Crippen LogP contribution in [0.3, 0.4) is 0 Å². The molecule has 0 aliphatic heterocycles. The molecule has 0 amide bonds. The maximum absolute atomic E-state index is 6.29. The third-order valence-electron chi connectivity index (χ3n) is 3.43. The van der Waals surface area contributed by atoms with Crippen molar-refractivity contribution in [2.45, 2.75) is 12.5 Å². The lowest BCUT2D eigenvalue weighted by Crippen LogP contribution is -2.13. The molecule has 0 fully saturated rings. The summed E-state index contributed by atoms with van der Waals surface area (Å²) >= 11 is 0. The second-order valence-corrected chi connectivity index (χ2v) is 4.78. The zero-order valence-corrected chi connectivity index (χ0v) is 12.6. The van der Waals surface area contributed by atoms with Crippen LogP contribution in [0.2, 0.25) is 0 Å². The summed E-state index contributed by atoms with van der Waals surface area (Å²) in [5.74, 6) is 2.25. The van der Waals surface area contributed by atoms with Crippen molar-refractivity contribution in [3.8, 4) is 17.2 Å². The average Bonchev–Trinajstić information content (AvgIpc) is 2.54. The largest absolute Gasteiger partial charge is 0.497 e. The summed E-state index contributed by atoms with van der Waals surface area (Å²) in [5, 5.41) is 0.